The quantitative estimate of drug-likeness (QED) is 0.800. The van der Waals surface area contributed by atoms with Crippen LogP contribution in [0.25, 0.3) is 0 Å². The normalized spacial score (nSPS) is 24.4. The molecular weight excluding hydrogens is 236 g/mol. The average Bonchev–Trinajstić information content (AvgIpc) is 2.92. The van der Waals surface area contributed by atoms with Gasteiger partial charge in [-0.3, -0.25) is 0 Å². The van der Waals surface area contributed by atoms with Crippen LogP contribution in [0, 0.1) is 5.92 Å². The van der Waals surface area contributed by atoms with E-state index in [9.17, 15) is 0 Å². The maximum Gasteiger partial charge on any atom is 0.191 e. The summed E-state index contributed by atoms with van der Waals surface area (Å²) in [5.74, 6) is 2.68. The van der Waals surface area contributed by atoms with Gasteiger partial charge in [0.05, 0.1) is 13.2 Å². The molecule has 5 nitrogen and oxygen atoms in total. The van der Waals surface area contributed by atoms with Crippen molar-refractivity contribution in [2.24, 2.45) is 11.7 Å². The van der Waals surface area contributed by atoms with Gasteiger partial charge < -0.3 is 15.0 Å². The number of ether oxygens (including phenoxy) is 1. The molecule has 3 rings (SSSR count). The molecule has 0 amide bonds. The molecule has 94 valence electrons. The minimum atomic E-state index is 0.483. The Balaban J connectivity index is 1.66. The van der Waals surface area contributed by atoms with Crippen molar-refractivity contribution >= 4 is 11.8 Å². The summed E-state index contributed by atoms with van der Waals surface area (Å²) in [7, 11) is 0. The van der Waals surface area contributed by atoms with Crippen molar-refractivity contribution in [3.63, 3.8) is 0 Å². The summed E-state index contributed by atoms with van der Waals surface area (Å²) in [5, 5.41) is 9.48. The van der Waals surface area contributed by atoms with Gasteiger partial charge in [-0.1, -0.05) is 11.8 Å². The Hall–Kier alpha value is -0.590. The van der Waals surface area contributed by atoms with Gasteiger partial charge in [0.25, 0.3) is 0 Å². The highest BCUT2D eigenvalue weighted by Gasteiger charge is 2.29. The second-order valence-electron chi connectivity index (χ2n) is 4.74. The Bertz CT molecular complexity index is 385. The molecule has 1 saturated heterocycles. The van der Waals surface area contributed by atoms with Crippen LogP contribution in [0.15, 0.2) is 5.16 Å². The van der Waals surface area contributed by atoms with Crippen LogP contribution in [0.2, 0.25) is 0 Å². The lowest BCUT2D eigenvalue weighted by Crippen LogP contribution is -2.09. The molecule has 0 spiro atoms. The Labute approximate surface area is 105 Å². The fourth-order valence-electron chi connectivity index (χ4n) is 2.15. The summed E-state index contributed by atoms with van der Waals surface area (Å²) in [6.07, 6.45) is 3.66. The molecule has 2 aliphatic rings. The smallest absolute Gasteiger partial charge is 0.191 e. The maximum absolute atomic E-state index is 5.70. The second kappa shape index (κ2) is 4.96. The SMILES string of the molecule is NCc1nnc(SCC2CCOC2)n1C1CC1. The summed E-state index contributed by atoms with van der Waals surface area (Å²) in [6.45, 7) is 2.29. The van der Waals surface area contributed by atoms with Crippen LogP contribution < -0.4 is 5.73 Å². The Morgan fingerprint density at radius 3 is 2.88 bits per heavy atom. The van der Waals surface area contributed by atoms with Crippen LogP contribution in [-0.4, -0.2) is 33.7 Å². The van der Waals surface area contributed by atoms with Gasteiger partial charge in [-0.15, -0.1) is 10.2 Å². The summed E-state index contributed by atoms with van der Waals surface area (Å²) in [4.78, 5) is 0. The topological polar surface area (TPSA) is 66.0 Å². The third-order valence-corrected chi connectivity index (χ3v) is 4.48. The van der Waals surface area contributed by atoms with Gasteiger partial charge >= 0.3 is 0 Å². The lowest BCUT2D eigenvalue weighted by atomic mass is 10.2. The molecule has 1 unspecified atom stereocenters. The number of hydrogen-bond acceptors (Lipinski definition) is 5. The molecule has 2 fully saturated rings. The highest BCUT2D eigenvalue weighted by molar-refractivity contribution is 7.99. The molecule has 17 heavy (non-hydrogen) atoms. The molecule has 1 saturated carbocycles. The molecule has 1 atom stereocenters. The van der Waals surface area contributed by atoms with Crippen molar-refractivity contribution in [2.45, 2.75) is 37.0 Å². The van der Waals surface area contributed by atoms with E-state index in [1.165, 1.54) is 19.3 Å². The van der Waals surface area contributed by atoms with E-state index in [1.807, 2.05) is 0 Å². The molecule has 2 N–H and O–H groups in total. The second-order valence-corrected chi connectivity index (χ2v) is 5.73. The summed E-state index contributed by atoms with van der Waals surface area (Å²) < 4.78 is 7.62. The highest BCUT2D eigenvalue weighted by Crippen LogP contribution is 2.39. The van der Waals surface area contributed by atoms with E-state index in [4.69, 9.17) is 10.5 Å². The lowest BCUT2D eigenvalue weighted by Gasteiger charge is -2.09. The van der Waals surface area contributed by atoms with Crippen molar-refractivity contribution in [1.29, 1.82) is 0 Å². The van der Waals surface area contributed by atoms with E-state index in [-0.39, 0.29) is 0 Å². The van der Waals surface area contributed by atoms with Crippen molar-refractivity contribution in [3.8, 4) is 0 Å². The zero-order chi connectivity index (χ0) is 11.7. The molecule has 2 heterocycles. The van der Waals surface area contributed by atoms with E-state index < -0.39 is 0 Å². The van der Waals surface area contributed by atoms with Crippen molar-refractivity contribution in [3.05, 3.63) is 5.82 Å². The van der Waals surface area contributed by atoms with Crippen molar-refractivity contribution in [1.82, 2.24) is 14.8 Å². The van der Waals surface area contributed by atoms with Crippen LogP contribution in [0.3, 0.4) is 0 Å². The number of aromatic nitrogens is 3. The third-order valence-electron chi connectivity index (χ3n) is 3.30. The van der Waals surface area contributed by atoms with Crippen molar-refractivity contribution < 1.29 is 4.74 Å². The first-order valence-electron chi connectivity index (χ1n) is 6.23. The van der Waals surface area contributed by atoms with Crippen LogP contribution in [0.4, 0.5) is 0 Å². The highest BCUT2D eigenvalue weighted by atomic mass is 32.2. The zero-order valence-electron chi connectivity index (χ0n) is 9.84. The van der Waals surface area contributed by atoms with Gasteiger partial charge in [0.15, 0.2) is 5.16 Å². The Kier molecular flexibility index (Phi) is 3.35. The molecule has 6 heteroatoms. The van der Waals surface area contributed by atoms with Gasteiger partial charge in [0, 0.05) is 18.4 Å². The van der Waals surface area contributed by atoms with Gasteiger partial charge in [0.1, 0.15) is 5.82 Å². The molecule has 1 aromatic rings. The molecule has 0 radical (unpaired) electrons. The predicted molar refractivity (Wildman–Crippen MR) is 65.8 cm³/mol. The molecule has 0 aromatic carbocycles. The van der Waals surface area contributed by atoms with Gasteiger partial charge in [-0.25, -0.2) is 0 Å². The summed E-state index contributed by atoms with van der Waals surface area (Å²) in [6, 6.07) is 0.603. The lowest BCUT2D eigenvalue weighted by molar-refractivity contribution is 0.189. The predicted octanol–water partition coefficient (Wildman–Crippen LogP) is 1.20. The number of nitrogens with two attached hydrogens (primary N) is 1. The first kappa shape index (κ1) is 11.5. The minimum absolute atomic E-state index is 0.483. The molecule has 1 aliphatic carbocycles. The van der Waals surface area contributed by atoms with E-state index in [0.717, 1.165) is 29.9 Å². The van der Waals surface area contributed by atoms with E-state index in [1.54, 1.807) is 11.8 Å². The zero-order valence-corrected chi connectivity index (χ0v) is 10.7. The minimum Gasteiger partial charge on any atom is -0.381 e. The van der Waals surface area contributed by atoms with E-state index in [2.05, 4.69) is 14.8 Å². The monoisotopic (exact) mass is 254 g/mol. The Morgan fingerprint density at radius 1 is 1.35 bits per heavy atom. The van der Waals surface area contributed by atoms with E-state index in [0.29, 0.717) is 18.5 Å². The Morgan fingerprint density at radius 2 is 2.24 bits per heavy atom. The maximum atomic E-state index is 5.70. The number of thioether (sulfide) groups is 1. The molecule has 1 aliphatic heterocycles. The number of rotatable bonds is 5. The van der Waals surface area contributed by atoms with Gasteiger partial charge in [0.2, 0.25) is 0 Å². The number of nitrogens with zero attached hydrogens (tertiary/aromatic N) is 3. The fraction of sp³-hybridized carbons (Fsp3) is 0.818. The molecule has 1 aromatic heterocycles. The first-order valence-corrected chi connectivity index (χ1v) is 7.21. The molecular formula is C11H18N4OS. The standard InChI is InChI=1S/C11H18N4OS/c12-5-10-13-14-11(15(10)9-1-2-9)17-7-8-3-4-16-6-8/h8-9H,1-7,12H2. The number of hydrogen-bond donors (Lipinski definition) is 1. The summed E-state index contributed by atoms with van der Waals surface area (Å²) >= 11 is 1.80. The first-order chi connectivity index (χ1) is 8.38. The van der Waals surface area contributed by atoms with Gasteiger partial charge in [-0.2, -0.15) is 0 Å². The van der Waals surface area contributed by atoms with Crippen LogP contribution >= 0.6 is 11.8 Å². The fourth-order valence-corrected chi connectivity index (χ4v) is 3.29. The van der Waals surface area contributed by atoms with Gasteiger partial charge in [-0.05, 0) is 25.2 Å². The largest absolute Gasteiger partial charge is 0.381 e. The summed E-state index contributed by atoms with van der Waals surface area (Å²) in [5.41, 5.74) is 5.70. The average molecular weight is 254 g/mol. The van der Waals surface area contributed by atoms with E-state index >= 15 is 0 Å². The third kappa shape index (κ3) is 2.48. The van der Waals surface area contributed by atoms with Crippen LogP contribution in [0.5, 0.6) is 0 Å². The van der Waals surface area contributed by atoms with Crippen LogP contribution in [-0.2, 0) is 11.3 Å². The van der Waals surface area contributed by atoms with Crippen LogP contribution in [0.1, 0.15) is 31.1 Å². The van der Waals surface area contributed by atoms with Crippen molar-refractivity contribution in [2.75, 3.05) is 19.0 Å². The molecule has 0 bridgehead atoms.